The van der Waals surface area contributed by atoms with E-state index in [0.717, 1.165) is 11.3 Å². The van der Waals surface area contributed by atoms with Crippen LogP contribution in [-0.2, 0) is 16.1 Å². The topological polar surface area (TPSA) is 79.5 Å². The largest absolute Gasteiger partial charge is 0.496 e. The molecular formula is C12H15N3O3. The minimum atomic E-state index is -0.507. The summed E-state index contributed by atoms with van der Waals surface area (Å²) < 4.78 is 5.19. The van der Waals surface area contributed by atoms with Crippen LogP contribution >= 0.6 is 0 Å². The maximum Gasteiger partial charge on any atom is 0.239 e. The summed E-state index contributed by atoms with van der Waals surface area (Å²) in [5, 5.41) is 2.76. The minimum absolute atomic E-state index is 0.164. The second-order valence-electron chi connectivity index (χ2n) is 3.98. The zero-order chi connectivity index (χ0) is 13.0. The standard InChI is InChI=1S/C12H15N3O3/c1-18-10-5-3-2-4-8(10)7-13-12(17)9-6-11(16)15-14-9/h2-5,9,14H,6-7H2,1H3,(H,13,17)(H,15,16). The summed E-state index contributed by atoms with van der Waals surface area (Å²) in [6.07, 6.45) is 0.164. The number of hydrogen-bond acceptors (Lipinski definition) is 4. The second kappa shape index (κ2) is 5.50. The van der Waals surface area contributed by atoms with Gasteiger partial charge in [-0.15, -0.1) is 0 Å². The van der Waals surface area contributed by atoms with Gasteiger partial charge in [-0.05, 0) is 6.07 Å². The number of nitrogens with one attached hydrogen (secondary N) is 3. The van der Waals surface area contributed by atoms with Crippen molar-refractivity contribution in [3.63, 3.8) is 0 Å². The maximum absolute atomic E-state index is 11.8. The Kier molecular flexibility index (Phi) is 3.78. The van der Waals surface area contributed by atoms with Crippen LogP contribution in [0.25, 0.3) is 0 Å². The van der Waals surface area contributed by atoms with Gasteiger partial charge in [-0.2, -0.15) is 0 Å². The Morgan fingerprint density at radius 2 is 2.28 bits per heavy atom. The number of benzene rings is 1. The molecule has 1 atom stereocenters. The highest BCUT2D eigenvalue weighted by Gasteiger charge is 2.27. The molecule has 1 aromatic carbocycles. The monoisotopic (exact) mass is 249 g/mol. The van der Waals surface area contributed by atoms with Gasteiger partial charge >= 0.3 is 0 Å². The molecule has 0 aromatic heterocycles. The van der Waals surface area contributed by atoms with Gasteiger partial charge in [0.25, 0.3) is 0 Å². The zero-order valence-electron chi connectivity index (χ0n) is 10.0. The lowest BCUT2D eigenvalue weighted by Crippen LogP contribution is -2.43. The maximum atomic E-state index is 11.8. The summed E-state index contributed by atoms with van der Waals surface area (Å²) in [7, 11) is 1.59. The normalized spacial score (nSPS) is 18.3. The molecule has 6 nitrogen and oxygen atoms in total. The SMILES string of the molecule is COc1ccccc1CNC(=O)C1CC(=O)NN1. The quantitative estimate of drug-likeness (QED) is 0.685. The van der Waals surface area contributed by atoms with Crippen molar-refractivity contribution in [1.29, 1.82) is 0 Å². The van der Waals surface area contributed by atoms with Gasteiger partial charge in [0, 0.05) is 12.1 Å². The molecule has 1 heterocycles. The molecule has 1 aliphatic heterocycles. The smallest absolute Gasteiger partial charge is 0.239 e. The fourth-order valence-electron chi connectivity index (χ4n) is 1.77. The predicted octanol–water partition coefficient (Wildman–Crippen LogP) is -0.295. The highest BCUT2D eigenvalue weighted by molar-refractivity contribution is 5.90. The molecule has 0 radical (unpaired) electrons. The molecule has 18 heavy (non-hydrogen) atoms. The Bertz CT molecular complexity index is 462. The van der Waals surface area contributed by atoms with Crippen LogP contribution in [0, 0.1) is 0 Å². The zero-order valence-corrected chi connectivity index (χ0v) is 10.0. The lowest BCUT2D eigenvalue weighted by molar-refractivity contribution is -0.124. The van der Waals surface area contributed by atoms with Crippen LogP contribution in [0.15, 0.2) is 24.3 Å². The third kappa shape index (κ3) is 2.78. The summed E-state index contributed by atoms with van der Waals surface area (Å²) in [4.78, 5) is 22.7. The first-order valence-corrected chi connectivity index (χ1v) is 5.64. The van der Waals surface area contributed by atoms with Crippen LogP contribution in [0.5, 0.6) is 5.75 Å². The molecule has 2 amide bonds. The molecule has 0 spiro atoms. The second-order valence-corrected chi connectivity index (χ2v) is 3.98. The van der Waals surface area contributed by atoms with Crippen LogP contribution in [-0.4, -0.2) is 25.0 Å². The fraction of sp³-hybridized carbons (Fsp3) is 0.333. The van der Waals surface area contributed by atoms with Gasteiger partial charge in [0.05, 0.1) is 13.5 Å². The summed E-state index contributed by atoms with van der Waals surface area (Å²) in [5.41, 5.74) is 5.92. The van der Waals surface area contributed by atoms with Crippen molar-refractivity contribution >= 4 is 11.8 Å². The van der Waals surface area contributed by atoms with Crippen molar-refractivity contribution in [2.45, 2.75) is 19.0 Å². The molecule has 0 aliphatic carbocycles. The Morgan fingerprint density at radius 3 is 2.94 bits per heavy atom. The van der Waals surface area contributed by atoms with Gasteiger partial charge in [-0.1, -0.05) is 18.2 Å². The predicted molar refractivity (Wildman–Crippen MR) is 64.5 cm³/mol. The molecule has 0 bridgehead atoms. The minimum Gasteiger partial charge on any atom is -0.496 e. The van der Waals surface area contributed by atoms with Gasteiger partial charge in [-0.3, -0.25) is 15.0 Å². The summed E-state index contributed by atoms with van der Waals surface area (Å²) in [5.74, 6) is 0.345. The number of rotatable bonds is 4. The summed E-state index contributed by atoms with van der Waals surface area (Å²) in [6, 6.07) is 6.95. The summed E-state index contributed by atoms with van der Waals surface area (Å²) in [6.45, 7) is 0.370. The lowest BCUT2D eigenvalue weighted by Gasteiger charge is -2.12. The van der Waals surface area contributed by atoms with Crippen molar-refractivity contribution in [2.75, 3.05) is 7.11 Å². The van der Waals surface area contributed by atoms with Crippen LogP contribution in [0.4, 0.5) is 0 Å². The molecule has 0 saturated carbocycles. The van der Waals surface area contributed by atoms with E-state index in [-0.39, 0.29) is 18.2 Å². The van der Waals surface area contributed by atoms with Crippen LogP contribution < -0.4 is 20.9 Å². The van der Waals surface area contributed by atoms with Crippen LogP contribution in [0.1, 0.15) is 12.0 Å². The molecule has 96 valence electrons. The molecule has 3 N–H and O–H groups in total. The summed E-state index contributed by atoms with van der Waals surface area (Å²) >= 11 is 0. The average Bonchev–Trinajstić information content (AvgIpc) is 2.83. The third-order valence-corrected chi connectivity index (χ3v) is 2.74. The van der Waals surface area contributed by atoms with Gasteiger partial charge in [0.2, 0.25) is 11.8 Å². The molecule has 1 fully saturated rings. The van der Waals surface area contributed by atoms with E-state index in [9.17, 15) is 9.59 Å². The van der Waals surface area contributed by atoms with E-state index in [4.69, 9.17) is 4.74 Å². The number of hydrogen-bond donors (Lipinski definition) is 3. The van der Waals surface area contributed by atoms with Crippen LogP contribution in [0.2, 0.25) is 0 Å². The number of carbonyl (C=O) groups excluding carboxylic acids is 2. The number of ether oxygens (including phenoxy) is 1. The number of amides is 2. The van der Waals surface area contributed by atoms with Crippen molar-refractivity contribution in [3.8, 4) is 5.75 Å². The average molecular weight is 249 g/mol. The van der Waals surface area contributed by atoms with E-state index in [1.165, 1.54) is 0 Å². The van der Waals surface area contributed by atoms with Gasteiger partial charge in [0.1, 0.15) is 11.8 Å². The van der Waals surface area contributed by atoms with Crippen molar-refractivity contribution in [2.24, 2.45) is 0 Å². The molecule has 1 aliphatic rings. The Morgan fingerprint density at radius 1 is 1.50 bits per heavy atom. The third-order valence-electron chi connectivity index (χ3n) is 2.74. The molecular weight excluding hydrogens is 234 g/mol. The van der Waals surface area contributed by atoms with Crippen molar-refractivity contribution in [1.82, 2.24) is 16.2 Å². The highest BCUT2D eigenvalue weighted by atomic mass is 16.5. The molecule has 1 saturated heterocycles. The first-order valence-electron chi connectivity index (χ1n) is 5.64. The van der Waals surface area contributed by atoms with Gasteiger partial charge in [0.15, 0.2) is 0 Å². The van der Waals surface area contributed by atoms with Crippen LogP contribution in [0.3, 0.4) is 0 Å². The van der Waals surface area contributed by atoms with Gasteiger partial charge < -0.3 is 10.1 Å². The van der Waals surface area contributed by atoms with E-state index < -0.39 is 6.04 Å². The number of carbonyl (C=O) groups is 2. The first-order chi connectivity index (χ1) is 8.70. The Balaban J connectivity index is 1.91. The number of hydrazine groups is 1. The van der Waals surface area contributed by atoms with E-state index in [1.54, 1.807) is 7.11 Å². The molecule has 6 heteroatoms. The highest BCUT2D eigenvalue weighted by Crippen LogP contribution is 2.16. The fourth-order valence-corrected chi connectivity index (χ4v) is 1.77. The van der Waals surface area contributed by atoms with E-state index in [2.05, 4.69) is 16.2 Å². The molecule has 2 rings (SSSR count). The lowest BCUT2D eigenvalue weighted by atomic mass is 10.2. The molecule has 1 aromatic rings. The van der Waals surface area contributed by atoms with Gasteiger partial charge in [-0.25, -0.2) is 5.43 Å². The Hall–Kier alpha value is -2.08. The Labute approximate surface area is 105 Å². The molecule has 1 unspecified atom stereocenters. The van der Waals surface area contributed by atoms with E-state index in [1.807, 2.05) is 24.3 Å². The number of para-hydroxylation sites is 1. The first kappa shape index (κ1) is 12.4. The van der Waals surface area contributed by atoms with Crippen molar-refractivity contribution < 1.29 is 14.3 Å². The van der Waals surface area contributed by atoms with Crippen molar-refractivity contribution in [3.05, 3.63) is 29.8 Å². The number of methoxy groups -OCH3 is 1. The van der Waals surface area contributed by atoms with E-state index >= 15 is 0 Å². The van der Waals surface area contributed by atoms with E-state index in [0.29, 0.717) is 6.54 Å².